The maximum Gasteiger partial charge on any atom is 0.289 e. The molecule has 0 bridgehead atoms. The minimum Gasteiger partial charge on any atom is -0.457 e. The predicted octanol–water partition coefficient (Wildman–Crippen LogP) is 5.79. The Kier molecular flexibility index (Phi) is 5.63. The molecule has 0 aliphatic heterocycles. The van der Waals surface area contributed by atoms with Crippen molar-refractivity contribution in [2.75, 3.05) is 0 Å². The molecule has 1 amide bonds. The average molecular weight is 432 g/mol. The number of nitrogens with zero attached hydrogens (tertiary/aromatic N) is 2. The molecule has 5 rings (SSSR count). The van der Waals surface area contributed by atoms with Crippen LogP contribution in [0.2, 0.25) is 0 Å². The molecule has 33 heavy (non-hydrogen) atoms. The Labute approximate surface area is 190 Å². The number of H-pyrrole nitrogens is 1. The SMILES string of the molecule is O=C(NN=Cc1cccc(Oc2ccccc2)c1)c1cc(-c2ccc3ccccc3c2)n[nH]1. The van der Waals surface area contributed by atoms with Crippen LogP contribution in [0.15, 0.2) is 108 Å². The van der Waals surface area contributed by atoms with Crippen LogP contribution in [0.4, 0.5) is 0 Å². The number of ether oxygens (including phenoxy) is 1. The Morgan fingerprint density at radius 1 is 0.818 bits per heavy atom. The van der Waals surface area contributed by atoms with Gasteiger partial charge in [0.05, 0.1) is 11.9 Å². The fourth-order valence-electron chi connectivity index (χ4n) is 3.44. The van der Waals surface area contributed by atoms with Gasteiger partial charge in [0.15, 0.2) is 0 Å². The van der Waals surface area contributed by atoms with E-state index in [1.165, 1.54) is 0 Å². The van der Waals surface area contributed by atoms with Crippen LogP contribution in [-0.4, -0.2) is 22.3 Å². The molecular weight excluding hydrogens is 412 g/mol. The minimum absolute atomic E-state index is 0.330. The number of carbonyl (C=O) groups is 1. The molecule has 1 heterocycles. The molecule has 0 spiro atoms. The highest BCUT2D eigenvalue weighted by atomic mass is 16.5. The first kappa shape index (κ1) is 20.2. The zero-order chi connectivity index (χ0) is 22.5. The number of hydrogen-bond acceptors (Lipinski definition) is 4. The van der Waals surface area contributed by atoms with E-state index in [4.69, 9.17) is 4.74 Å². The Bertz CT molecular complexity index is 1440. The van der Waals surface area contributed by atoms with Crippen LogP contribution >= 0.6 is 0 Å². The second-order valence-corrected chi connectivity index (χ2v) is 7.42. The first-order valence-electron chi connectivity index (χ1n) is 10.5. The number of para-hydroxylation sites is 1. The van der Waals surface area contributed by atoms with Crippen molar-refractivity contribution in [1.82, 2.24) is 15.6 Å². The Balaban J connectivity index is 1.24. The highest BCUT2D eigenvalue weighted by Gasteiger charge is 2.11. The summed E-state index contributed by atoms with van der Waals surface area (Å²) in [6, 6.07) is 32.9. The lowest BCUT2D eigenvalue weighted by atomic mass is 10.1. The standard InChI is InChI=1S/C27H20N4O2/c32-27(26-17-25(29-30-26)22-14-13-20-8-4-5-9-21(20)16-22)31-28-18-19-7-6-12-24(15-19)33-23-10-2-1-3-11-23/h1-18H,(H,29,30)(H,31,32). The first-order valence-corrected chi connectivity index (χ1v) is 10.5. The number of benzene rings is 4. The summed E-state index contributed by atoms with van der Waals surface area (Å²) in [6.45, 7) is 0. The summed E-state index contributed by atoms with van der Waals surface area (Å²) in [5, 5.41) is 13.4. The lowest BCUT2D eigenvalue weighted by molar-refractivity contribution is 0.0950. The van der Waals surface area contributed by atoms with Crippen molar-refractivity contribution in [1.29, 1.82) is 0 Å². The average Bonchev–Trinajstić information content (AvgIpc) is 3.35. The Morgan fingerprint density at radius 3 is 2.48 bits per heavy atom. The van der Waals surface area contributed by atoms with Crippen LogP contribution < -0.4 is 10.2 Å². The molecule has 0 unspecified atom stereocenters. The molecule has 0 saturated carbocycles. The van der Waals surface area contributed by atoms with Crippen LogP contribution in [0.25, 0.3) is 22.0 Å². The molecular formula is C27H20N4O2. The number of hydrogen-bond donors (Lipinski definition) is 2. The van der Waals surface area contributed by atoms with Gasteiger partial charge in [-0.3, -0.25) is 9.89 Å². The molecule has 0 fully saturated rings. The molecule has 0 aliphatic carbocycles. The summed E-state index contributed by atoms with van der Waals surface area (Å²) < 4.78 is 5.83. The monoisotopic (exact) mass is 432 g/mol. The molecule has 0 radical (unpaired) electrons. The molecule has 6 heteroatoms. The Morgan fingerprint density at radius 2 is 1.61 bits per heavy atom. The van der Waals surface area contributed by atoms with Gasteiger partial charge >= 0.3 is 0 Å². The van der Waals surface area contributed by atoms with Crippen molar-refractivity contribution in [3.05, 3.63) is 114 Å². The summed E-state index contributed by atoms with van der Waals surface area (Å²) in [4.78, 5) is 12.5. The van der Waals surface area contributed by atoms with E-state index in [2.05, 4.69) is 32.9 Å². The van der Waals surface area contributed by atoms with E-state index < -0.39 is 0 Å². The topological polar surface area (TPSA) is 79.4 Å². The smallest absolute Gasteiger partial charge is 0.289 e. The van der Waals surface area contributed by atoms with Crippen LogP contribution in [0.3, 0.4) is 0 Å². The molecule has 160 valence electrons. The highest BCUT2D eigenvalue weighted by Crippen LogP contribution is 2.24. The van der Waals surface area contributed by atoms with Gasteiger partial charge < -0.3 is 4.74 Å². The quantitative estimate of drug-likeness (QED) is 0.263. The van der Waals surface area contributed by atoms with Gasteiger partial charge in [-0.15, -0.1) is 0 Å². The van der Waals surface area contributed by atoms with E-state index in [0.717, 1.165) is 27.6 Å². The third kappa shape index (κ3) is 4.80. The number of rotatable bonds is 6. The van der Waals surface area contributed by atoms with E-state index in [1.807, 2.05) is 84.9 Å². The summed E-state index contributed by atoms with van der Waals surface area (Å²) in [5.74, 6) is 1.06. The van der Waals surface area contributed by atoms with Gasteiger partial charge in [0, 0.05) is 5.56 Å². The normalized spacial score (nSPS) is 11.0. The van der Waals surface area contributed by atoms with Crippen LogP contribution in [-0.2, 0) is 0 Å². The summed E-state index contributed by atoms with van der Waals surface area (Å²) in [7, 11) is 0. The number of amides is 1. The predicted molar refractivity (Wildman–Crippen MR) is 130 cm³/mol. The number of nitrogens with one attached hydrogen (secondary N) is 2. The van der Waals surface area contributed by atoms with Gasteiger partial charge in [0.1, 0.15) is 17.2 Å². The maximum absolute atomic E-state index is 12.5. The molecule has 1 aromatic heterocycles. The van der Waals surface area contributed by atoms with Crippen LogP contribution in [0.1, 0.15) is 16.1 Å². The van der Waals surface area contributed by atoms with Gasteiger partial charge in [0.25, 0.3) is 5.91 Å². The van der Waals surface area contributed by atoms with Crippen LogP contribution in [0.5, 0.6) is 11.5 Å². The fraction of sp³-hybridized carbons (Fsp3) is 0. The summed E-state index contributed by atoms with van der Waals surface area (Å²) in [6.07, 6.45) is 1.57. The first-order chi connectivity index (χ1) is 16.2. The van der Waals surface area contributed by atoms with Gasteiger partial charge in [-0.25, -0.2) is 5.43 Å². The highest BCUT2D eigenvalue weighted by molar-refractivity contribution is 5.94. The van der Waals surface area contributed by atoms with Crippen molar-refractivity contribution in [2.24, 2.45) is 5.10 Å². The lowest BCUT2D eigenvalue weighted by Crippen LogP contribution is -2.18. The number of aromatic nitrogens is 2. The number of carbonyl (C=O) groups excluding carboxylic acids is 1. The molecule has 0 aliphatic rings. The fourth-order valence-corrected chi connectivity index (χ4v) is 3.44. The third-order valence-electron chi connectivity index (χ3n) is 5.08. The largest absolute Gasteiger partial charge is 0.457 e. The summed E-state index contributed by atoms with van der Waals surface area (Å²) in [5.41, 5.74) is 5.28. The van der Waals surface area contributed by atoms with Crippen molar-refractivity contribution >= 4 is 22.9 Å². The van der Waals surface area contributed by atoms with Crippen molar-refractivity contribution < 1.29 is 9.53 Å². The van der Waals surface area contributed by atoms with Crippen molar-refractivity contribution in [3.8, 4) is 22.8 Å². The van der Waals surface area contributed by atoms with Gasteiger partial charge in [-0.2, -0.15) is 10.2 Å². The number of hydrazone groups is 1. The summed E-state index contributed by atoms with van der Waals surface area (Å²) >= 11 is 0. The Hall–Kier alpha value is -4.71. The molecule has 0 saturated heterocycles. The third-order valence-corrected chi connectivity index (χ3v) is 5.08. The van der Waals surface area contributed by atoms with Gasteiger partial charge in [-0.1, -0.05) is 66.7 Å². The van der Waals surface area contributed by atoms with E-state index in [0.29, 0.717) is 17.1 Å². The zero-order valence-corrected chi connectivity index (χ0v) is 17.6. The van der Waals surface area contributed by atoms with Gasteiger partial charge in [0.2, 0.25) is 0 Å². The van der Waals surface area contributed by atoms with E-state index >= 15 is 0 Å². The molecule has 0 atom stereocenters. The van der Waals surface area contributed by atoms with Crippen LogP contribution in [0, 0.1) is 0 Å². The second kappa shape index (κ2) is 9.20. The minimum atomic E-state index is -0.373. The molecule has 5 aromatic rings. The van der Waals surface area contributed by atoms with E-state index in [9.17, 15) is 4.79 Å². The molecule has 2 N–H and O–H groups in total. The van der Waals surface area contributed by atoms with Crippen molar-refractivity contribution in [2.45, 2.75) is 0 Å². The number of fused-ring (bicyclic) bond motifs is 1. The van der Waals surface area contributed by atoms with E-state index in [-0.39, 0.29) is 5.91 Å². The second-order valence-electron chi connectivity index (χ2n) is 7.42. The van der Waals surface area contributed by atoms with Crippen molar-refractivity contribution in [3.63, 3.8) is 0 Å². The van der Waals surface area contributed by atoms with E-state index in [1.54, 1.807) is 12.3 Å². The maximum atomic E-state index is 12.5. The number of aromatic amines is 1. The van der Waals surface area contributed by atoms with Gasteiger partial charge in [-0.05, 0) is 52.7 Å². The molecule has 6 nitrogen and oxygen atoms in total. The lowest BCUT2D eigenvalue weighted by Gasteiger charge is -2.05. The molecule has 4 aromatic carbocycles. The zero-order valence-electron chi connectivity index (χ0n) is 17.6.